The average Bonchev–Trinajstić information content (AvgIpc) is 2.96. The predicted octanol–water partition coefficient (Wildman–Crippen LogP) is 8.48. The fourth-order valence-electron chi connectivity index (χ4n) is 4.81. The van der Waals surface area contributed by atoms with Gasteiger partial charge in [0.1, 0.15) is 6.10 Å². The molecule has 0 aromatic heterocycles. The van der Waals surface area contributed by atoms with E-state index < -0.39 is 24.2 Å². The Labute approximate surface area is 247 Å². The number of rotatable bonds is 29. The largest absolute Gasteiger partial charge is 0.394 e. The van der Waals surface area contributed by atoms with Gasteiger partial charge in [-0.15, -0.1) is 0 Å². The number of aliphatic hydroxyl groups excluding tert-OH is 3. The first kappa shape index (κ1) is 38.6. The van der Waals surface area contributed by atoms with Crippen LogP contribution < -0.4 is 5.32 Å². The van der Waals surface area contributed by atoms with Gasteiger partial charge in [0, 0.05) is 0 Å². The SMILES string of the molecule is CC/C=C/CC/C=C/CC/C=C/C(O)C(CO)NC(=O)C(O)CCCCCCCCCCCCCCCCCC. The van der Waals surface area contributed by atoms with Crippen molar-refractivity contribution in [1.29, 1.82) is 0 Å². The van der Waals surface area contributed by atoms with Crippen LogP contribution in [-0.4, -0.2) is 46.1 Å². The molecule has 0 heterocycles. The zero-order valence-corrected chi connectivity index (χ0v) is 26.2. The van der Waals surface area contributed by atoms with Crippen molar-refractivity contribution in [3.63, 3.8) is 0 Å². The Bertz CT molecular complexity index is 631. The second-order valence-electron chi connectivity index (χ2n) is 11.3. The lowest BCUT2D eigenvalue weighted by Crippen LogP contribution is -2.48. The highest BCUT2D eigenvalue weighted by atomic mass is 16.3. The summed E-state index contributed by atoms with van der Waals surface area (Å²) in [4.78, 5) is 12.3. The van der Waals surface area contributed by atoms with Gasteiger partial charge in [-0.3, -0.25) is 4.79 Å². The molecule has 0 saturated carbocycles. The summed E-state index contributed by atoms with van der Waals surface area (Å²) in [6.45, 7) is 4.02. The molecule has 0 spiro atoms. The fourth-order valence-corrected chi connectivity index (χ4v) is 4.81. The van der Waals surface area contributed by atoms with E-state index >= 15 is 0 Å². The average molecular weight is 564 g/mol. The van der Waals surface area contributed by atoms with E-state index in [2.05, 4.69) is 43.5 Å². The number of aliphatic hydroxyl groups is 3. The van der Waals surface area contributed by atoms with Gasteiger partial charge in [0.25, 0.3) is 0 Å². The van der Waals surface area contributed by atoms with Gasteiger partial charge >= 0.3 is 0 Å². The van der Waals surface area contributed by atoms with Gasteiger partial charge in [-0.05, 0) is 38.5 Å². The minimum atomic E-state index is -1.10. The number of carbonyl (C=O) groups is 1. The number of hydrogen-bond acceptors (Lipinski definition) is 4. The van der Waals surface area contributed by atoms with Crippen LogP contribution in [0.25, 0.3) is 0 Å². The van der Waals surface area contributed by atoms with E-state index in [9.17, 15) is 20.1 Å². The molecule has 0 aromatic carbocycles. The van der Waals surface area contributed by atoms with Crippen molar-refractivity contribution in [1.82, 2.24) is 5.32 Å². The third kappa shape index (κ3) is 25.5. The van der Waals surface area contributed by atoms with Gasteiger partial charge in [0.05, 0.1) is 18.8 Å². The Morgan fingerprint density at radius 2 is 1.05 bits per heavy atom. The molecule has 0 rings (SSSR count). The molecule has 0 radical (unpaired) electrons. The number of allylic oxidation sites excluding steroid dienone is 5. The number of nitrogens with one attached hydrogen (secondary N) is 1. The van der Waals surface area contributed by atoms with Crippen LogP contribution in [0, 0.1) is 0 Å². The molecule has 0 aliphatic rings. The van der Waals surface area contributed by atoms with Gasteiger partial charge < -0.3 is 20.6 Å². The summed E-state index contributed by atoms with van der Waals surface area (Å²) in [7, 11) is 0. The lowest BCUT2D eigenvalue weighted by molar-refractivity contribution is -0.131. The van der Waals surface area contributed by atoms with E-state index in [1.54, 1.807) is 6.08 Å². The molecule has 0 aliphatic heterocycles. The lowest BCUT2D eigenvalue weighted by atomic mass is 10.0. The minimum absolute atomic E-state index is 0.381. The van der Waals surface area contributed by atoms with E-state index in [1.165, 1.54) is 83.5 Å². The van der Waals surface area contributed by atoms with E-state index in [-0.39, 0.29) is 6.61 Å². The van der Waals surface area contributed by atoms with E-state index in [0.717, 1.165) is 51.4 Å². The van der Waals surface area contributed by atoms with Crippen molar-refractivity contribution in [2.75, 3.05) is 6.61 Å². The molecule has 0 saturated heterocycles. The standard InChI is InChI=1S/C35H65NO4/c1-3-5-7-9-11-13-15-16-17-18-19-20-22-24-26-28-30-34(39)35(40)36-32(31-37)33(38)29-27-25-23-21-14-12-10-8-6-4-2/h6,8,14,21,27,29,32-34,37-39H,3-5,7,9-13,15-20,22-26,28,30-31H2,1-2H3,(H,36,40)/b8-6+,21-14+,29-27+. The van der Waals surface area contributed by atoms with Crippen LogP contribution >= 0.6 is 0 Å². The summed E-state index contributed by atoms with van der Waals surface area (Å²) < 4.78 is 0. The molecular formula is C35H65NO4. The molecule has 1 amide bonds. The molecular weight excluding hydrogens is 498 g/mol. The molecule has 234 valence electrons. The number of carbonyl (C=O) groups excluding carboxylic acids is 1. The van der Waals surface area contributed by atoms with Gasteiger partial charge in [-0.25, -0.2) is 0 Å². The van der Waals surface area contributed by atoms with Gasteiger partial charge in [0.15, 0.2) is 0 Å². The highest BCUT2D eigenvalue weighted by Gasteiger charge is 2.22. The summed E-state index contributed by atoms with van der Waals surface area (Å²) in [6.07, 6.45) is 35.9. The summed E-state index contributed by atoms with van der Waals surface area (Å²) in [5.41, 5.74) is 0. The Morgan fingerprint density at radius 1 is 0.625 bits per heavy atom. The van der Waals surface area contributed by atoms with Crippen LogP contribution in [0.3, 0.4) is 0 Å². The molecule has 5 nitrogen and oxygen atoms in total. The van der Waals surface area contributed by atoms with Crippen molar-refractivity contribution in [2.24, 2.45) is 0 Å². The molecule has 0 bridgehead atoms. The van der Waals surface area contributed by atoms with Crippen molar-refractivity contribution in [3.8, 4) is 0 Å². The monoisotopic (exact) mass is 563 g/mol. The fraction of sp³-hybridized carbons (Fsp3) is 0.800. The Balaban J connectivity index is 3.78. The van der Waals surface area contributed by atoms with Crippen molar-refractivity contribution in [2.45, 2.75) is 173 Å². The maximum absolute atomic E-state index is 12.3. The van der Waals surface area contributed by atoms with Crippen LogP contribution in [0.2, 0.25) is 0 Å². The minimum Gasteiger partial charge on any atom is -0.394 e. The molecule has 5 heteroatoms. The smallest absolute Gasteiger partial charge is 0.249 e. The first-order valence-corrected chi connectivity index (χ1v) is 16.8. The Kier molecular flexibility index (Phi) is 29.4. The third-order valence-electron chi connectivity index (χ3n) is 7.47. The topological polar surface area (TPSA) is 89.8 Å². The van der Waals surface area contributed by atoms with Gasteiger partial charge in [-0.1, -0.05) is 153 Å². The summed E-state index contributed by atoms with van der Waals surface area (Å²) in [5.74, 6) is -0.521. The summed E-state index contributed by atoms with van der Waals surface area (Å²) in [5, 5.41) is 32.7. The van der Waals surface area contributed by atoms with Crippen LogP contribution in [0.15, 0.2) is 36.5 Å². The highest BCUT2D eigenvalue weighted by Crippen LogP contribution is 2.14. The zero-order valence-electron chi connectivity index (χ0n) is 26.2. The summed E-state index contributed by atoms with van der Waals surface area (Å²) in [6, 6.07) is -0.815. The first-order chi connectivity index (χ1) is 19.6. The second-order valence-corrected chi connectivity index (χ2v) is 11.3. The maximum atomic E-state index is 12.3. The molecule has 3 unspecified atom stereocenters. The normalized spacial score (nSPS) is 14.4. The Morgan fingerprint density at radius 3 is 1.50 bits per heavy atom. The zero-order chi connectivity index (χ0) is 29.5. The molecule has 0 aromatic rings. The van der Waals surface area contributed by atoms with Crippen LogP contribution in [0.1, 0.15) is 155 Å². The molecule has 40 heavy (non-hydrogen) atoms. The van der Waals surface area contributed by atoms with Crippen LogP contribution in [-0.2, 0) is 4.79 Å². The van der Waals surface area contributed by atoms with Gasteiger partial charge in [-0.2, -0.15) is 0 Å². The number of amides is 1. The van der Waals surface area contributed by atoms with Crippen LogP contribution in [0.5, 0.6) is 0 Å². The quantitative estimate of drug-likeness (QED) is 0.0543. The Hall–Kier alpha value is -1.43. The van der Waals surface area contributed by atoms with E-state index in [4.69, 9.17) is 0 Å². The van der Waals surface area contributed by atoms with Crippen molar-refractivity contribution < 1.29 is 20.1 Å². The first-order valence-electron chi connectivity index (χ1n) is 16.8. The number of unbranched alkanes of at least 4 members (excludes halogenated alkanes) is 17. The highest BCUT2D eigenvalue weighted by molar-refractivity contribution is 5.80. The van der Waals surface area contributed by atoms with Crippen molar-refractivity contribution >= 4 is 5.91 Å². The van der Waals surface area contributed by atoms with Gasteiger partial charge in [0.2, 0.25) is 5.91 Å². The van der Waals surface area contributed by atoms with Crippen molar-refractivity contribution in [3.05, 3.63) is 36.5 Å². The van der Waals surface area contributed by atoms with Crippen LogP contribution in [0.4, 0.5) is 0 Å². The lowest BCUT2D eigenvalue weighted by Gasteiger charge is -2.21. The molecule has 0 aliphatic carbocycles. The second kappa shape index (κ2) is 30.5. The van der Waals surface area contributed by atoms with E-state index in [1.807, 2.05) is 6.08 Å². The summed E-state index contributed by atoms with van der Waals surface area (Å²) >= 11 is 0. The number of hydrogen-bond donors (Lipinski definition) is 4. The maximum Gasteiger partial charge on any atom is 0.249 e. The van der Waals surface area contributed by atoms with E-state index in [0.29, 0.717) is 6.42 Å². The molecule has 4 N–H and O–H groups in total. The third-order valence-corrected chi connectivity index (χ3v) is 7.47. The predicted molar refractivity (Wildman–Crippen MR) is 171 cm³/mol. The molecule has 0 fully saturated rings. The molecule has 3 atom stereocenters.